The van der Waals surface area contributed by atoms with Crippen LogP contribution in [-0.2, 0) is 0 Å². The Morgan fingerprint density at radius 1 is 1.29 bits per heavy atom. The maximum absolute atomic E-state index is 5.98. The van der Waals surface area contributed by atoms with Crippen LogP contribution in [0.25, 0.3) is 0 Å². The van der Waals surface area contributed by atoms with Gasteiger partial charge in [0.05, 0.1) is 12.6 Å². The third-order valence-corrected chi connectivity index (χ3v) is 4.21. The average Bonchev–Trinajstić information content (AvgIpc) is 3.13. The minimum Gasteiger partial charge on any atom is -0.370 e. The van der Waals surface area contributed by atoms with E-state index in [-0.39, 0.29) is 0 Å². The fourth-order valence-electron chi connectivity index (χ4n) is 2.40. The molecule has 0 spiro atoms. The molecule has 0 aromatic heterocycles. The first-order valence-corrected chi connectivity index (χ1v) is 7.24. The summed E-state index contributed by atoms with van der Waals surface area (Å²) in [4.78, 5) is 8.00. The molecule has 90 valence electrons. The molecule has 1 saturated carbocycles. The normalized spacial score (nSPS) is 23.9. The van der Waals surface area contributed by atoms with E-state index in [0.29, 0.717) is 12.1 Å². The number of thioether (sulfide) groups is 1. The Morgan fingerprint density at radius 2 is 2.00 bits per heavy atom. The van der Waals surface area contributed by atoms with Crippen molar-refractivity contribution in [2.24, 2.45) is 10.7 Å². The summed E-state index contributed by atoms with van der Waals surface area (Å²) in [5.74, 6) is 0.728. The lowest BCUT2D eigenvalue weighted by Crippen LogP contribution is -2.37. The average molecular weight is 247 g/mol. The predicted octanol–water partition coefficient (Wildman–Crippen LogP) is 2.24. The van der Waals surface area contributed by atoms with Gasteiger partial charge in [-0.15, -0.1) is 11.8 Å². The van der Waals surface area contributed by atoms with E-state index in [0.717, 1.165) is 12.5 Å². The maximum Gasteiger partial charge on any atom is 0.192 e. The molecule has 2 aliphatic rings. The molecular weight excluding hydrogens is 230 g/mol. The van der Waals surface area contributed by atoms with E-state index in [1.807, 2.05) is 0 Å². The molecule has 4 heteroatoms. The molecule has 1 unspecified atom stereocenters. The zero-order chi connectivity index (χ0) is 11.8. The lowest BCUT2D eigenvalue weighted by atomic mass is 10.1. The molecule has 1 aromatic carbocycles. The lowest BCUT2D eigenvalue weighted by molar-refractivity contribution is 0.338. The molecule has 2 N–H and O–H groups in total. The van der Waals surface area contributed by atoms with Crippen molar-refractivity contribution in [1.82, 2.24) is 4.90 Å². The zero-order valence-corrected chi connectivity index (χ0v) is 10.8. The highest BCUT2D eigenvalue weighted by atomic mass is 32.2. The van der Waals surface area contributed by atoms with Crippen LogP contribution in [0.2, 0.25) is 0 Å². The molecule has 0 bridgehead atoms. The fourth-order valence-corrected chi connectivity index (χ4v) is 2.80. The predicted molar refractivity (Wildman–Crippen MR) is 72.3 cm³/mol. The number of rotatable bonds is 3. The van der Waals surface area contributed by atoms with E-state index >= 15 is 0 Å². The Bertz CT molecular complexity index is 436. The van der Waals surface area contributed by atoms with Gasteiger partial charge in [-0.05, 0) is 36.8 Å². The summed E-state index contributed by atoms with van der Waals surface area (Å²) in [6.07, 6.45) is 4.62. The summed E-state index contributed by atoms with van der Waals surface area (Å²) < 4.78 is 0. The van der Waals surface area contributed by atoms with Crippen molar-refractivity contribution in [3.63, 3.8) is 0 Å². The molecule has 1 aliphatic carbocycles. The van der Waals surface area contributed by atoms with Crippen LogP contribution < -0.4 is 5.73 Å². The smallest absolute Gasteiger partial charge is 0.192 e. The number of hydrogen-bond acceptors (Lipinski definition) is 4. The van der Waals surface area contributed by atoms with Gasteiger partial charge in [0.15, 0.2) is 5.96 Å². The van der Waals surface area contributed by atoms with Crippen LogP contribution in [0.1, 0.15) is 24.4 Å². The second kappa shape index (κ2) is 4.26. The van der Waals surface area contributed by atoms with Crippen LogP contribution in [0.4, 0.5) is 0 Å². The maximum atomic E-state index is 5.98. The van der Waals surface area contributed by atoms with E-state index in [1.165, 1.54) is 23.3 Å². The highest BCUT2D eigenvalue weighted by Gasteiger charge is 2.38. The van der Waals surface area contributed by atoms with Gasteiger partial charge in [0.2, 0.25) is 0 Å². The molecule has 1 aliphatic heterocycles. The summed E-state index contributed by atoms with van der Waals surface area (Å²) >= 11 is 1.77. The molecule has 1 fully saturated rings. The number of nitrogens with zero attached hydrogens (tertiary/aromatic N) is 2. The van der Waals surface area contributed by atoms with Gasteiger partial charge in [-0.2, -0.15) is 0 Å². The van der Waals surface area contributed by atoms with Gasteiger partial charge in [-0.25, -0.2) is 0 Å². The molecule has 1 heterocycles. The summed E-state index contributed by atoms with van der Waals surface area (Å²) in [5, 5.41) is 0. The van der Waals surface area contributed by atoms with E-state index in [4.69, 9.17) is 5.73 Å². The fraction of sp³-hybridized carbons (Fsp3) is 0.462. The van der Waals surface area contributed by atoms with Crippen LogP contribution in [0.5, 0.6) is 0 Å². The number of aliphatic imine (C=N–C) groups is 1. The van der Waals surface area contributed by atoms with Crippen molar-refractivity contribution in [2.75, 3.05) is 12.8 Å². The minimum atomic E-state index is 0.360. The summed E-state index contributed by atoms with van der Waals surface area (Å²) in [7, 11) is 0. The van der Waals surface area contributed by atoms with Crippen LogP contribution in [-0.4, -0.2) is 29.7 Å². The first-order chi connectivity index (χ1) is 8.29. The van der Waals surface area contributed by atoms with E-state index in [9.17, 15) is 0 Å². The minimum absolute atomic E-state index is 0.360. The van der Waals surface area contributed by atoms with E-state index in [2.05, 4.69) is 40.4 Å². The number of benzene rings is 1. The Labute approximate surface area is 106 Å². The van der Waals surface area contributed by atoms with Crippen molar-refractivity contribution in [3.8, 4) is 0 Å². The number of nitrogens with two attached hydrogens (primary N) is 1. The highest BCUT2D eigenvalue weighted by Crippen LogP contribution is 2.37. The van der Waals surface area contributed by atoms with Gasteiger partial charge in [0.25, 0.3) is 0 Å². The van der Waals surface area contributed by atoms with Crippen LogP contribution in [0.15, 0.2) is 34.2 Å². The monoisotopic (exact) mass is 247 g/mol. The second-order valence-electron chi connectivity index (χ2n) is 4.63. The molecule has 1 atom stereocenters. The molecule has 3 rings (SSSR count). The standard InChI is InChI=1S/C13H17N3S/c1-17-11-6-2-9(3-7-11)12-8-15-13(14)16(12)10-4-5-10/h2-3,6-7,10,12H,4-5,8H2,1H3,(H2,14,15). The molecule has 17 heavy (non-hydrogen) atoms. The van der Waals surface area contributed by atoms with Gasteiger partial charge in [-0.1, -0.05) is 12.1 Å². The van der Waals surface area contributed by atoms with Gasteiger partial charge in [-0.3, -0.25) is 4.99 Å². The van der Waals surface area contributed by atoms with Gasteiger partial charge < -0.3 is 10.6 Å². The summed E-state index contributed by atoms with van der Waals surface area (Å²) in [6.45, 7) is 0.806. The Kier molecular flexibility index (Phi) is 2.74. The van der Waals surface area contributed by atoms with Crippen molar-refractivity contribution >= 4 is 17.7 Å². The number of guanidine groups is 1. The van der Waals surface area contributed by atoms with Gasteiger partial charge in [0.1, 0.15) is 0 Å². The van der Waals surface area contributed by atoms with Crippen molar-refractivity contribution in [2.45, 2.75) is 29.8 Å². The summed E-state index contributed by atoms with van der Waals surface area (Å²) in [5.41, 5.74) is 7.31. The van der Waals surface area contributed by atoms with Gasteiger partial charge in [0, 0.05) is 10.9 Å². The highest BCUT2D eigenvalue weighted by molar-refractivity contribution is 7.98. The second-order valence-corrected chi connectivity index (χ2v) is 5.51. The SMILES string of the molecule is CSc1ccc(C2CN=C(N)N2C2CC2)cc1. The summed E-state index contributed by atoms with van der Waals surface area (Å²) in [6, 6.07) is 9.77. The quantitative estimate of drug-likeness (QED) is 0.833. The molecule has 3 nitrogen and oxygen atoms in total. The molecule has 1 aromatic rings. The van der Waals surface area contributed by atoms with Crippen molar-refractivity contribution < 1.29 is 0 Å². The van der Waals surface area contributed by atoms with Crippen molar-refractivity contribution in [3.05, 3.63) is 29.8 Å². The van der Waals surface area contributed by atoms with Gasteiger partial charge >= 0.3 is 0 Å². The Morgan fingerprint density at radius 3 is 2.59 bits per heavy atom. The largest absolute Gasteiger partial charge is 0.370 e. The van der Waals surface area contributed by atoms with Crippen LogP contribution in [0, 0.1) is 0 Å². The molecule has 0 amide bonds. The zero-order valence-electron chi connectivity index (χ0n) is 9.97. The Hall–Kier alpha value is -1.16. The van der Waals surface area contributed by atoms with Crippen LogP contribution in [0.3, 0.4) is 0 Å². The molecular formula is C13H17N3S. The third kappa shape index (κ3) is 2.02. The molecule has 0 radical (unpaired) electrons. The Balaban J connectivity index is 1.83. The number of hydrogen-bond donors (Lipinski definition) is 1. The topological polar surface area (TPSA) is 41.6 Å². The van der Waals surface area contributed by atoms with E-state index in [1.54, 1.807) is 11.8 Å². The van der Waals surface area contributed by atoms with Crippen molar-refractivity contribution in [1.29, 1.82) is 0 Å². The first kappa shape index (κ1) is 11.0. The lowest BCUT2D eigenvalue weighted by Gasteiger charge is -2.26. The third-order valence-electron chi connectivity index (χ3n) is 3.47. The van der Waals surface area contributed by atoms with Crippen LogP contribution >= 0.6 is 11.8 Å². The first-order valence-electron chi connectivity index (χ1n) is 6.02. The van der Waals surface area contributed by atoms with E-state index < -0.39 is 0 Å². The molecule has 0 saturated heterocycles.